The second kappa shape index (κ2) is 10.9. The van der Waals surface area contributed by atoms with Crippen molar-refractivity contribution in [3.05, 3.63) is 36.7 Å². The van der Waals surface area contributed by atoms with Crippen LogP contribution in [0.15, 0.2) is 41.6 Å². The van der Waals surface area contributed by atoms with Gasteiger partial charge in [-0.1, -0.05) is 13.8 Å². The van der Waals surface area contributed by atoms with Gasteiger partial charge in [0.25, 0.3) is 0 Å². The molecule has 1 saturated heterocycles. The average molecular weight is 476 g/mol. The van der Waals surface area contributed by atoms with Crippen LogP contribution in [0.3, 0.4) is 0 Å². The van der Waals surface area contributed by atoms with Gasteiger partial charge in [0.1, 0.15) is 5.75 Å². The van der Waals surface area contributed by atoms with Crippen molar-refractivity contribution in [2.24, 2.45) is 5.92 Å². The average Bonchev–Trinajstić information content (AvgIpc) is 2.81. The van der Waals surface area contributed by atoms with Gasteiger partial charge in [-0.25, -0.2) is 18.4 Å². The van der Waals surface area contributed by atoms with Gasteiger partial charge in [-0.05, 0) is 51.0 Å². The highest BCUT2D eigenvalue weighted by molar-refractivity contribution is 7.89. The van der Waals surface area contributed by atoms with Crippen LogP contribution in [0, 0.1) is 5.92 Å². The molecule has 10 heteroatoms. The molecule has 1 aliphatic heterocycles. The van der Waals surface area contributed by atoms with Gasteiger partial charge in [0.05, 0.1) is 22.6 Å². The van der Waals surface area contributed by atoms with Gasteiger partial charge in [0.2, 0.25) is 21.9 Å². The summed E-state index contributed by atoms with van der Waals surface area (Å²) in [7, 11) is -3.67. The normalized spacial score (nSPS) is 16.8. The number of anilines is 2. The molecule has 1 N–H and O–H groups in total. The number of nitrogens with one attached hydrogen (secondary N) is 1. The number of nitrogens with zero attached hydrogens (tertiary/aromatic N) is 4. The maximum Gasteiger partial charge on any atom is 0.243 e. The number of ether oxygens (including phenoxy) is 1. The van der Waals surface area contributed by atoms with Crippen molar-refractivity contribution in [1.29, 1.82) is 0 Å². The van der Waals surface area contributed by atoms with E-state index in [4.69, 9.17) is 4.74 Å². The van der Waals surface area contributed by atoms with Crippen molar-refractivity contribution in [2.75, 3.05) is 36.4 Å². The third-order valence-corrected chi connectivity index (χ3v) is 7.59. The van der Waals surface area contributed by atoms with E-state index in [9.17, 15) is 13.2 Å². The largest absolute Gasteiger partial charge is 0.489 e. The number of piperidine rings is 1. The van der Waals surface area contributed by atoms with Crippen molar-refractivity contribution in [1.82, 2.24) is 14.3 Å². The van der Waals surface area contributed by atoms with Gasteiger partial charge in [0, 0.05) is 38.6 Å². The molecule has 1 aliphatic rings. The number of amides is 1. The Hall–Kier alpha value is -2.72. The molecule has 2 aromatic rings. The SMILES string of the molecule is CCN(CC)S(=O)(=O)c1ccc(OC(C)C)c(NC(=O)C2CCCN(c3ncccn3)C2)c1. The van der Waals surface area contributed by atoms with Crippen LogP contribution < -0.4 is 15.0 Å². The van der Waals surface area contributed by atoms with E-state index in [0.29, 0.717) is 37.0 Å². The van der Waals surface area contributed by atoms with E-state index in [-0.39, 0.29) is 22.8 Å². The molecule has 33 heavy (non-hydrogen) atoms. The zero-order valence-electron chi connectivity index (χ0n) is 19.7. The fraction of sp³-hybridized carbons (Fsp3) is 0.522. The molecule has 0 saturated carbocycles. The number of rotatable bonds is 9. The van der Waals surface area contributed by atoms with Crippen LogP contribution in [-0.4, -0.2) is 60.9 Å². The van der Waals surface area contributed by atoms with Crippen molar-refractivity contribution < 1.29 is 17.9 Å². The Morgan fingerprint density at radius 2 is 1.94 bits per heavy atom. The van der Waals surface area contributed by atoms with Gasteiger partial charge in [0.15, 0.2) is 0 Å². The first kappa shape index (κ1) is 24.9. The maximum atomic E-state index is 13.2. The lowest BCUT2D eigenvalue weighted by Gasteiger charge is -2.32. The molecule has 0 spiro atoms. The third-order valence-electron chi connectivity index (χ3n) is 5.54. The Morgan fingerprint density at radius 3 is 2.58 bits per heavy atom. The van der Waals surface area contributed by atoms with Crippen molar-refractivity contribution in [2.45, 2.75) is 51.5 Å². The highest BCUT2D eigenvalue weighted by Gasteiger charge is 2.29. The summed E-state index contributed by atoms with van der Waals surface area (Å²) in [5.41, 5.74) is 0.356. The molecule has 1 amide bonds. The molecule has 0 aliphatic carbocycles. The Labute approximate surface area is 196 Å². The standard InChI is InChI=1S/C23H33N5O4S/c1-5-28(6-2)33(30,31)19-10-11-21(32-17(3)4)20(15-19)26-22(29)18-9-7-14-27(16-18)23-24-12-8-13-25-23/h8,10-13,15,17-18H,5-7,9,14,16H2,1-4H3,(H,26,29). The Morgan fingerprint density at radius 1 is 1.24 bits per heavy atom. The predicted molar refractivity (Wildman–Crippen MR) is 128 cm³/mol. The maximum absolute atomic E-state index is 13.2. The van der Waals surface area contributed by atoms with Gasteiger partial charge in [-0.15, -0.1) is 0 Å². The number of aromatic nitrogens is 2. The van der Waals surface area contributed by atoms with E-state index in [1.165, 1.54) is 16.4 Å². The minimum atomic E-state index is -3.67. The summed E-state index contributed by atoms with van der Waals surface area (Å²) in [5.74, 6) is 0.584. The van der Waals surface area contributed by atoms with E-state index < -0.39 is 10.0 Å². The molecule has 1 unspecified atom stereocenters. The van der Waals surface area contributed by atoms with Crippen LogP contribution in [0.4, 0.5) is 11.6 Å². The second-order valence-electron chi connectivity index (χ2n) is 8.24. The topological polar surface area (TPSA) is 105 Å². The molecule has 1 aromatic carbocycles. The predicted octanol–water partition coefficient (Wildman–Crippen LogP) is 3.15. The summed E-state index contributed by atoms with van der Waals surface area (Å²) in [4.78, 5) is 23.9. The molecular formula is C23H33N5O4S. The van der Waals surface area contributed by atoms with E-state index in [2.05, 4.69) is 15.3 Å². The molecule has 9 nitrogen and oxygen atoms in total. The first-order valence-electron chi connectivity index (χ1n) is 11.4. The Bertz CT molecular complexity index is 1040. The van der Waals surface area contributed by atoms with Gasteiger partial charge < -0.3 is 15.0 Å². The Kier molecular flexibility index (Phi) is 8.25. The van der Waals surface area contributed by atoms with Crippen LogP contribution in [0.2, 0.25) is 0 Å². The molecule has 0 bridgehead atoms. The minimum Gasteiger partial charge on any atom is -0.489 e. The van der Waals surface area contributed by atoms with E-state index >= 15 is 0 Å². The molecule has 1 aromatic heterocycles. The van der Waals surface area contributed by atoms with Crippen LogP contribution in [0.5, 0.6) is 5.75 Å². The summed E-state index contributed by atoms with van der Waals surface area (Å²) in [6.07, 6.45) is 4.80. The second-order valence-corrected chi connectivity index (χ2v) is 10.2. The fourth-order valence-electron chi connectivity index (χ4n) is 3.90. The van der Waals surface area contributed by atoms with Crippen LogP contribution >= 0.6 is 0 Å². The first-order valence-corrected chi connectivity index (χ1v) is 12.8. The lowest BCUT2D eigenvalue weighted by atomic mass is 9.97. The molecule has 1 fully saturated rings. The smallest absolute Gasteiger partial charge is 0.243 e. The van der Waals surface area contributed by atoms with Crippen LogP contribution in [0.1, 0.15) is 40.5 Å². The number of benzene rings is 1. The summed E-state index contributed by atoms with van der Waals surface area (Å²) in [6, 6.07) is 6.38. The van der Waals surface area contributed by atoms with Crippen molar-refractivity contribution >= 4 is 27.6 Å². The summed E-state index contributed by atoms with van der Waals surface area (Å²) < 4.78 is 33.3. The van der Waals surface area contributed by atoms with Gasteiger partial charge >= 0.3 is 0 Å². The minimum absolute atomic E-state index is 0.126. The number of carbonyl (C=O) groups excluding carboxylic acids is 1. The fourth-order valence-corrected chi connectivity index (χ4v) is 5.38. The lowest BCUT2D eigenvalue weighted by Crippen LogP contribution is -2.41. The number of carbonyl (C=O) groups is 1. The zero-order chi connectivity index (χ0) is 24.0. The molecule has 3 rings (SSSR count). The molecule has 1 atom stereocenters. The van der Waals surface area contributed by atoms with Gasteiger partial charge in [-0.2, -0.15) is 4.31 Å². The van der Waals surface area contributed by atoms with Crippen molar-refractivity contribution in [3.8, 4) is 5.75 Å². The summed E-state index contributed by atoms with van der Waals surface area (Å²) >= 11 is 0. The summed E-state index contributed by atoms with van der Waals surface area (Å²) in [5, 5.41) is 2.93. The summed E-state index contributed by atoms with van der Waals surface area (Å²) in [6.45, 7) is 9.36. The lowest BCUT2D eigenvalue weighted by molar-refractivity contribution is -0.120. The van der Waals surface area contributed by atoms with E-state index in [1.807, 2.05) is 18.7 Å². The highest BCUT2D eigenvalue weighted by Crippen LogP contribution is 2.31. The number of hydrogen-bond donors (Lipinski definition) is 1. The third kappa shape index (κ3) is 6.00. The van der Waals surface area contributed by atoms with E-state index in [0.717, 1.165) is 19.4 Å². The van der Waals surface area contributed by atoms with E-state index in [1.54, 1.807) is 38.4 Å². The Balaban J connectivity index is 1.85. The number of hydrogen-bond acceptors (Lipinski definition) is 7. The van der Waals surface area contributed by atoms with Gasteiger partial charge in [-0.3, -0.25) is 4.79 Å². The zero-order valence-corrected chi connectivity index (χ0v) is 20.5. The molecule has 180 valence electrons. The molecular weight excluding hydrogens is 442 g/mol. The first-order chi connectivity index (χ1) is 15.8. The monoisotopic (exact) mass is 475 g/mol. The quantitative estimate of drug-likeness (QED) is 0.594. The molecule has 2 heterocycles. The van der Waals surface area contributed by atoms with Crippen molar-refractivity contribution in [3.63, 3.8) is 0 Å². The highest BCUT2D eigenvalue weighted by atomic mass is 32.2. The number of sulfonamides is 1. The van der Waals surface area contributed by atoms with Crippen LogP contribution in [0.25, 0.3) is 0 Å². The van der Waals surface area contributed by atoms with Crippen LogP contribution in [-0.2, 0) is 14.8 Å². The molecule has 0 radical (unpaired) electrons.